The van der Waals surface area contributed by atoms with Crippen LogP contribution in [0, 0.1) is 5.92 Å². The molecule has 2 aromatic heterocycles. The van der Waals surface area contributed by atoms with Crippen molar-refractivity contribution in [2.45, 2.75) is 45.6 Å². The topological polar surface area (TPSA) is 139 Å². The number of nitrogens with one attached hydrogen (secondary N) is 1. The summed E-state index contributed by atoms with van der Waals surface area (Å²) in [7, 11) is 0. The van der Waals surface area contributed by atoms with Crippen LogP contribution in [-0.4, -0.2) is 61.7 Å². The Morgan fingerprint density at radius 3 is 2.59 bits per heavy atom. The number of aromatic amines is 1. The monoisotopic (exact) mass is 468 g/mol. The molecular formula is C24H32N6O4. The lowest BCUT2D eigenvalue weighted by molar-refractivity contribution is -0.143. The number of nitrogen functional groups attached to an aromatic ring is 1. The molecule has 1 aromatic carbocycles. The van der Waals surface area contributed by atoms with E-state index in [2.05, 4.69) is 38.9 Å². The molecule has 0 atom stereocenters. The van der Waals surface area contributed by atoms with E-state index in [0.29, 0.717) is 37.2 Å². The minimum absolute atomic E-state index is 0.175. The lowest BCUT2D eigenvalue weighted by Crippen LogP contribution is -2.37. The van der Waals surface area contributed by atoms with Gasteiger partial charge in [-0.15, -0.1) is 0 Å². The number of nitrogens with two attached hydrogens (primary N) is 1. The molecule has 0 aliphatic carbocycles. The zero-order valence-electron chi connectivity index (χ0n) is 19.5. The number of aromatic nitrogens is 4. The lowest BCUT2D eigenvalue weighted by Gasteiger charge is -2.29. The van der Waals surface area contributed by atoms with Gasteiger partial charge in [0.05, 0.1) is 19.1 Å². The summed E-state index contributed by atoms with van der Waals surface area (Å²) in [5.74, 6) is -0.697. The fourth-order valence-corrected chi connectivity index (χ4v) is 4.23. The number of unbranched alkanes of at least 4 members (excludes halogenated alkanes) is 1. The van der Waals surface area contributed by atoms with Crippen LogP contribution in [-0.2, 0) is 17.8 Å². The van der Waals surface area contributed by atoms with Crippen molar-refractivity contribution in [3.63, 3.8) is 0 Å². The Bertz CT molecular complexity index is 1180. The Hall–Kier alpha value is -3.40. The molecule has 1 fully saturated rings. The second-order valence-electron chi connectivity index (χ2n) is 8.83. The van der Waals surface area contributed by atoms with E-state index >= 15 is 0 Å². The Morgan fingerprint density at radius 2 is 1.91 bits per heavy atom. The third kappa shape index (κ3) is 5.56. The first kappa shape index (κ1) is 23.7. The molecule has 0 spiro atoms. The van der Waals surface area contributed by atoms with Gasteiger partial charge in [0.2, 0.25) is 0 Å². The highest BCUT2D eigenvalue weighted by atomic mass is 16.5. The summed E-state index contributed by atoms with van der Waals surface area (Å²) in [4.78, 5) is 37.3. The summed E-state index contributed by atoms with van der Waals surface area (Å²) in [5, 5.41) is 9.14. The third-order valence-corrected chi connectivity index (χ3v) is 6.38. The van der Waals surface area contributed by atoms with Crippen molar-refractivity contribution in [2.24, 2.45) is 5.92 Å². The molecule has 182 valence electrons. The number of aliphatic carboxylic acids is 1. The quantitative estimate of drug-likeness (QED) is 0.385. The number of benzene rings is 1. The van der Waals surface area contributed by atoms with Gasteiger partial charge in [-0.2, -0.15) is 9.97 Å². The number of likely N-dealkylation sites (tertiary alicyclic amines) is 1. The molecule has 0 amide bonds. The number of carboxylic acid groups (broad SMARTS) is 1. The predicted molar refractivity (Wildman–Crippen MR) is 129 cm³/mol. The Morgan fingerprint density at radius 1 is 1.21 bits per heavy atom. The van der Waals surface area contributed by atoms with Crippen LogP contribution in [0.15, 0.2) is 29.1 Å². The third-order valence-electron chi connectivity index (χ3n) is 6.38. The number of ether oxygens (including phenoxy) is 1. The maximum Gasteiger partial charge on any atom is 0.328 e. The molecule has 1 aliphatic heterocycles. The molecule has 34 heavy (non-hydrogen) atoms. The Labute approximate surface area is 197 Å². The smallest absolute Gasteiger partial charge is 0.328 e. The summed E-state index contributed by atoms with van der Waals surface area (Å²) in [5.41, 5.74) is 8.75. The predicted octanol–water partition coefficient (Wildman–Crippen LogP) is 2.27. The molecule has 0 bridgehead atoms. The number of carboxylic acids is 1. The van der Waals surface area contributed by atoms with Crippen molar-refractivity contribution in [1.82, 2.24) is 24.4 Å². The zero-order valence-corrected chi connectivity index (χ0v) is 19.5. The number of piperidine rings is 1. The van der Waals surface area contributed by atoms with Gasteiger partial charge < -0.3 is 25.5 Å². The molecule has 4 rings (SSSR count). The van der Waals surface area contributed by atoms with Gasteiger partial charge in [-0.3, -0.25) is 9.36 Å². The van der Waals surface area contributed by atoms with Crippen LogP contribution in [0.4, 0.5) is 5.82 Å². The first-order chi connectivity index (χ1) is 16.4. The highest BCUT2D eigenvalue weighted by Crippen LogP contribution is 2.20. The van der Waals surface area contributed by atoms with Gasteiger partial charge >= 0.3 is 17.7 Å². The van der Waals surface area contributed by atoms with Crippen molar-refractivity contribution in [1.29, 1.82) is 0 Å². The van der Waals surface area contributed by atoms with E-state index in [1.165, 1.54) is 5.56 Å². The number of hydrogen-bond acceptors (Lipinski definition) is 7. The number of H-pyrrole nitrogens is 1. The highest BCUT2D eigenvalue weighted by molar-refractivity contribution is 5.81. The SMILES string of the molecule is CCCCOc1nc(N)c2[nH]c(=O)n(Cc3ccc(CCN4CCC(C(=O)O)CC4)cc3)c2n1. The number of fused-ring (bicyclic) bond motifs is 1. The molecule has 10 nitrogen and oxygen atoms in total. The van der Waals surface area contributed by atoms with Crippen molar-refractivity contribution in [3.05, 3.63) is 45.9 Å². The van der Waals surface area contributed by atoms with Crippen molar-refractivity contribution < 1.29 is 14.6 Å². The molecule has 4 N–H and O–H groups in total. The van der Waals surface area contributed by atoms with Gasteiger partial charge in [-0.1, -0.05) is 37.6 Å². The fraction of sp³-hybridized carbons (Fsp3) is 0.500. The van der Waals surface area contributed by atoms with Crippen molar-refractivity contribution in [2.75, 3.05) is 32.0 Å². The Kier molecular flexibility index (Phi) is 7.46. The highest BCUT2D eigenvalue weighted by Gasteiger charge is 2.24. The zero-order chi connectivity index (χ0) is 24.1. The largest absolute Gasteiger partial charge is 0.481 e. The molecule has 0 saturated carbocycles. The van der Waals surface area contributed by atoms with Gasteiger partial charge in [-0.05, 0) is 49.9 Å². The second-order valence-corrected chi connectivity index (χ2v) is 8.83. The van der Waals surface area contributed by atoms with E-state index in [9.17, 15) is 9.59 Å². The van der Waals surface area contributed by atoms with E-state index in [0.717, 1.165) is 44.5 Å². The normalized spacial score (nSPS) is 15.1. The van der Waals surface area contributed by atoms with E-state index in [4.69, 9.17) is 15.6 Å². The van der Waals surface area contributed by atoms with Crippen LogP contribution in [0.5, 0.6) is 6.01 Å². The summed E-state index contributed by atoms with van der Waals surface area (Å²) < 4.78 is 7.14. The molecule has 3 heterocycles. The number of imidazole rings is 1. The van der Waals surface area contributed by atoms with E-state index < -0.39 is 5.97 Å². The Balaban J connectivity index is 1.40. The van der Waals surface area contributed by atoms with Crippen LogP contribution >= 0.6 is 0 Å². The second kappa shape index (κ2) is 10.7. The molecule has 10 heteroatoms. The minimum Gasteiger partial charge on any atom is -0.481 e. The average molecular weight is 469 g/mol. The molecule has 0 unspecified atom stereocenters. The van der Waals surface area contributed by atoms with Crippen LogP contribution in [0.1, 0.15) is 43.7 Å². The standard InChI is InChI=1S/C24H32N6O4/c1-2-3-14-34-23-27-20(25)19-21(28-23)30(24(33)26-19)15-17-6-4-16(5-7-17)8-11-29-12-9-18(10-13-29)22(31)32/h4-7,18H,2-3,8-15H2,1H3,(H,26,33)(H,31,32)(H2,25,27,28). The van der Waals surface area contributed by atoms with Crippen LogP contribution < -0.4 is 16.2 Å². The number of carbonyl (C=O) groups is 1. The fourth-order valence-electron chi connectivity index (χ4n) is 4.23. The van der Waals surface area contributed by atoms with Crippen LogP contribution in [0.3, 0.4) is 0 Å². The maximum atomic E-state index is 12.6. The van der Waals surface area contributed by atoms with Gasteiger partial charge in [0, 0.05) is 6.54 Å². The summed E-state index contributed by atoms with van der Waals surface area (Å²) in [6.45, 7) is 5.48. The molecule has 3 aromatic rings. The average Bonchev–Trinajstić information content (AvgIpc) is 3.15. The maximum absolute atomic E-state index is 12.6. The number of nitrogens with zero attached hydrogens (tertiary/aromatic N) is 4. The summed E-state index contributed by atoms with van der Waals surface area (Å²) >= 11 is 0. The summed E-state index contributed by atoms with van der Waals surface area (Å²) in [6.07, 6.45) is 4.20. The first-order valence-corrected chi connectivity index (χ1v) is 11.9. The van der Waals surface area contributed by atoms with E-state index in [1.54, 1.807) is 4.57 Å². The summed E-state index contributed by atoms with van der Waals surface area (Å²) in [6, 6.07) is 8.35. The number of anilines is 1. The minimum atomic E-state index is -0.682. The van der Waals surface area contributed by atoms with Gasteiger partial charge in [-0.25, -0.2) is 4.79 Å². The molecule has 0 radical (unpaired) electrons. The number of rotatable bonds is 10. The van der Waals surface area contributed by atoms with Crippen molar-refractivity contribution in [3.8, 4) is 6.01 Å². The lowest BCUT2D eigenvalue weighted by atomic mass is 9.97. The van der Waals surface area contributed by atoms with Gasteiger partial charge in [0.15, 0.2) is 11.5 Å². The molecule has 1 aliphatic rings. The van der Waals surface area contributed by atoms with Crippen molar-refractivity contribution >= 4 is 23.0 Å². The van der Waals surface area contributed by atoms with Gasteiger partial charge in [0.25, 0.3) is 0 Å². The molecular weight excluding hydrogens is 436 g/mol. The van der Waals surface area contributed by atoms with Crippen LogP contribution in [0.25, 0.3) is 11.2 Å². The first-order valence-electron chi connectivity index (χ1n) is 11.9. The number of hydrogen-bond donors (Lipinski definition) is 3. The van der Waals surface area contributed by atoms with E-state index in [1.807, 2.05) is 12.1 Å². The molecule has 1 saturated heterocycles. The van der Waals surface area contributed by atoms with Gasteiger partial charge in [0.1, 0.15) is 5.52 Å². The van der Waals surface area contributed by atoms with E-state index in [-0.39, 0.29) is 23.4 Å². The van der Waals surface area contributed by atoms with Crippen LogP contribution in [0.2, 0.25) is 0 Å².